The van der Waals surface area contributed by atoms with Crippen LogP contribution in [0.1, 0.15) is 12.0 Å². The molecule has 1 amide bonds. The van der Waals surface area contributed by atoms with Crippen molar-refractivity contribution in [2.45, 2.75) is 12.8 Å². The summed E-state index contributed by atoms with van der Waals surface area (Å²) in [6, 6.07) is 12.5. The van der Waals surface area contributed by atoms with E-state index in [2.05, 4.69) is 5.32 Å². The molecule has 0 saturated heterocycles. The summed E-state index contributed by atoms with van der Waals surface area (Å²) >= 11 is 17.9. The molecule has 0 fully saturated rings. The van der Waals surface area contributed by atoms with Crippen LogP contribution in [0.2, 0.25) is 15.1 Å². The van der Waals surface area contributed by atoms with Gasteiger partial charge < -0.3 is 10.1 Å². The SMILES string of the molecule is O=C(CCc1ccc(Cl)cc1Cl)NCCOc1ccccc1Cl. The number of halogens is 3. The standard InChI is InChI=1S/C17H16Cl3NO2/c18-13-7-5-12(15(20)11-13)6-8-17(22)21-9-10-23-16-4-2-1-3-14(16)19/h1-5,7,11H,6,8-10H2,(H,21,22). The number of amides is 1. The summed E-state index contributed by atoms with van der Waals surface area (Å²) in [6.45, 7) is 0.773. The molecule has 2 rings (SSSR count). The number of hydrogen-bond acceptors (Lipinski definition) is 2. The number of ether oxygens (including phenoxy) is 1. The van der Waals surface area contributed by atoms with Crippen LogP contribution in [0.4, 0.5) is 0 Å². The van der Waals surface area contributed by atoms with E-state index in [9.17, 15) is 4.79 Å². The average molecular weight is 373 g/mol. The topological polar surface area (TPSA) is 38.3 Å². The van der Waals surface area contributed by atoms with E-state index in [-0.39, 0.29) is 5.91 Å². The van der Waals surface area contributed by atoms with E-state index in [0.717, 1.165) is 5.56 Å². The van der Waals surface area contributed by atoms with Gasteiger partial charge in [0, 0.05) is 16.5 Å². The fraction of sp³-hybridized carbons (Fsp3) is 0.235. The van der Waals surface area contributed by atoms with Gasteiger partial charge in [-0.25, -0.2) is 0 Å². The third-order valence-corrected chi connectivity index (χ3v) is 4.05. The lowest BCUT2D eigenvalue weighted by Crippen LogP contribution is -2.28. The van der Waals surface area contributed by atoms with Gasteiger partial charge in [0.05, 0.1) is 11.6 Å². The van der Waals surface area contributed by atoms with Crippen LogP contribution >= 0.6 is 34.8 Å². The van der Waals surface area contributed by atoms with Gasteiger partial charge in [0.1, 0.15) is 12.4 Å². The van der Waals surface area contributed by atoms with Gasteiger partial charge in [0.25, 0.3) is 0 Å². The second kappa shape index (κ2) is 9.02. The van der Waals surface area contributed by atoms with E-state index in [4.69, 9.17) is 39.5 Å². The molecule has 23 heavy (non-hydrogen) atoms. The Morgan fingerprint density at radius 2 is 1.83 bits per heavy atom. The van der Waals surface area contributed by atoms with E-state index in [1.54, 1.807) is 24.3 Å². The van der Waals surface area contributed by atoms with E-state index in [1.165, 1.54) is 0 Å². The lowest BCUT2D eigenvalue weighted by molar-refractivity contribution is -0.121. The molecule has 0 heterocycles. The molecule has 0 spiro atoms. The first kappa shape index (κ1) is 17.9. The summed E-state index contributed by atoms with van der Waals surface area (Å²) in [6.07, 6.45) is 0.917. The number of para-hydroxylation sites is 1. The minimum atomic E-state index is -0.0567. The molecule has 0 atom stereocenters. The molecule has 2 aromatic rings. The van der Waals surface area contributed by atoms with E-state index in [1.807, 2.05) is 18.2 Å². The molecule has 3 nitrogen and oxygen atoms in total. The smallest absolute Gasteiger partial charge is 0.220 e. The van der Waals surface area contributed by atoms with Gasteiger partial charge in [0.15, 0.2) is 0 Å². The van der Waals surface area contributed by atoms with Gasteiger partial charge in [-0.15, -0.1) is 0 Å². The molecule has 6 heteroatoms. The molecule has 0 aromatic heterocycles. The summed E-state index contributed by atoms with van der Waals surface area (Å²) in [7, 11) is 0. The molecule has 2 aromatic carbocycles. The summed E-state index contributed by atoms with van der Waals surface area (Å²) < 4.78 is 5.50. The van der Waals surface area contributed by atoms with Crippen molar-refractivity contribution < 1.29 is 9.53 Å². The molecular weight excluding hydrogens is 357 g/mol. The number of carbonyl (C=O) groups excluding carboxylic acids is 1. The number of benzene rings is 2. The molecule has 0 saturated carbocycles. The van der Waals surface area contributed by atoms with Gasteiger partial charge in [-0.1, -0.05) is 53.0 Å². The van der Waals surface area contributed by atoms with Gasteiger partial charge in [0.2, 0.25) is 5.91 Å². The fourth-order valence-corrected chi connectivity index (χ4v) is 2.67. The van der Waals surface area contributed by atoms with Gasteiger partial charge in [-0.05, 0) is 36.2 Å². The molecule has 0 aliphatic heterocycles. The van der Waals surface area contributed by atoms with Gasteiger partial charge in [-0.3, -0.25) is 4.79 Å². The van der Waals surface area contributed by atoms with Crippen molar-refractivity contribution in [3.05, 3.63) is 63.1 Å². The Hall–Kier alpha value is -1.42. The molecule has 0 aliphatic carbocycles. The number of nitrogens with one attached hydrogen (secondary N) is 1. The second-order valence-electron chi connectivity index (χ2n) is 4.86. The fourth-order valence-electron chi connectivity index (χ4n) is 1.97. The molecule has 1 N–H and O–H groups in total. The van der Waals surface area contributed by atoms with Crippen molar-refractivity contribution in [2.75, 3.05) is 13.2 Å². The Morgan fingerprint density at radius 3 is 2.57 bits per heavy atom. The normalized spacial score (nSPS) is 10.4. The predicted molar refractivity (Wildman–Crippen MR) is 94.7 cm³/mol. The van der Waals surface area contributed by atoms with Crippen LogP contribution in [0, 0.1) is 0 Å². The Kier molecular flexibility index (Phi) is 7.03. The Labute approximate surface area is 150 Å². The highest BCUT2D eigenvalue weighted by atomic mass is 35.5. The van der Waals surface area contributed by atoms with Crippen molar-refractivity contribution in [3.63, 3.8) is 0 Å². The molecular formula is C17H16Cl3NO2. The van der Waals surface area contributed by atoms with Crippen molar-refractivity contribution in [1.82, 2.24) is 5.32 Å². The first-order chi connectivity index (χ1) is 11.1. The van der Waals surface area contributed by atoms with Crippen LogP contribution in [0.25, 0.3) is 0 Å². The van der Waals surface area contributed by atoms with Crippen molar-refractivity contribution in [2.24, 2.45) is 0 Å². The van der Waals surface area contributed by atoms with Crippen molar-refractivity contribution in [3.8, 4) is 5.75 Å². The Bertz CT molecular complexity index is 677. The summed E-state index contributed by atoms with van der Waals surface area (Å²) in [4.78, 5) is 11.8. The summed E-state index contributed by atoms with van der Waals surface area (Å²) in [5, 5.41) is 4.51. The maximum atomic E-state index is 11.8. The van der Waals surface area contributed by atoms with Crippen LogP contribution in [-0.4, -0.2) is 19.1 Å². The lowest BCUT2D eigenvalue weighted by atomic mass is 10.1. The zero-order valence-electron chi connectivity index (χ0n) is 12.3. The molecule has 0 radical (unpaired) electrons. The van der Waals surface area contributed by atoms with Gasteiger partial charge >= 0.3 is 0 Å². The third-order valence-electron chi connectivity index (χ3n) is 3.15. The monoisotopic (exact) mass is 371 g/mol. The van der Waals surface area contributed by atoms with Crippen LogP contribution in [0.15, 0.2) is 42.5 Å². The zero-order valence-corrected chi connectivity index (χ0v) is 14.6. The number of hydrogen-bond donors (Lipinski definition) is 1. The highest BCUT2D eigenvalue weighted by molar-refractivity contribution is 6.35. The molecule has 0 unspecified atom stereocenters. The largest absolute Gasteiger partial charge is 0.490 e. The molecule has 0 bridgehead atoms. The van der Waals surface area contributed by atoms with Crippen LogP contribution < -0.4 is 10.1 Å². The number of carbonyl (C=O) groups is 1. The minimum absolute atomic E-state index is 0.0567. The number of aryl methyl sites for hydroxylation is 1. The lowest BCUT2D eigenvalue weighted by Gasteiger charge is -2.09. The van der Waals surface area contributed by atoms with Crippen molar-refractivity contribution >= 4 is 40.7 Å². The van der Waals surface area contributed by atoms with E-state index >= 15 is 0 Å². The quantitative estimate of drug-likeness (QED) is 0.711. The molecule has 122 valence electrons. The molecule has 0 aliphatic rings. The maximum absolute atomic E-state index is 11.8. The Balaban J connectivity index is 1.68. The van der Waals surface area contributed by atoms with Crippen LogP contribution in [0.5, 0.6) is 5.75 Å². The predicted octanol–water partition coefficient (Wildman–Crippen LogP) is 4.77. The van der Waals surface area contributed by atoms with E-state index < -0.39 is 0 Å². The highest BCUT2D eigenvalue weighted by Gasteiger charge is 2.06. The Morgan fingerprint density at radius 1 is 1.04 bits per heavy atom. The summed E-state index contributed by atoms with van der Waals surface area (Å²) in [5.41, 5.74) is 0.901. The summed E-state index contributed by atoms with van der Waals surface area (Å²) in [5.74, 6) is 0.551. The first-order valence-electron chi connectivity index (χ1n) is 7.14. The maximum Gasteiger partial charge on any atom is 0.220 e. The first-order valence-corrected chi connectivity index (χ1v) is 8.27. The van der Waals surface area contributed by atoms with Gasteiger partial charge in [-0.2, -0.15) is 0 Å². The van der Waals surface area contributed by atoms with Crippen molar-refractivity contribution in [1.29, 1.82) is 0 Å². The second-order valence-corrected chi connectivity index (χ2v) is 6.12. The van der Waals surface area contributed by atoms with E-state index in [0.29, 0.717) is 46.8 Å². The third kappa shape index (κ3) is 5.94. The zero-order chi connectivity index (χ0) is 16.7. The van der Waals surface area contributed by atoms with Crippen LogP contribution in [-0.2, 0) is 11.2 Å². The minimum Gasteiger partial charge on any atom is -0.490 e. The number of rotatable bonds is 7. The average Bonchev–Trinajstić information content (AvgIpc) is 2.52. The highest BCUT2D eigenvalue weighted by Crippen LogP contribution is 2.23. The van der Waals surface area contributed by atoms with Crippen LogP contribution in [0.3, 0.4) is 0 Å².